The average molecular weight is 261 g/mol. The molecule has 1 heterocycles. The summed E-state index contributed by atoms with van der Waals surface area (Å²) in [6, 6.07) is 5.63. The van der Waals surface area contributed by atoms with Gasteiger partial charge in [-0.15, -0.1) is 0 Å². The Hall–Kier alpha value is -1.59. The van der Waals surface area contributed by atoms with Crippen molar-refractivity contribution in [3.05, 3.63) is 24.0 Å². The van der Waals surface area contributed by atoms with E-state index < -0.39 is 0 Å². The molecule has 0 saturated heterocycles. The van der Waals surface area contributed by atoms with E-state index in [0.29, 0.717) is 24.7 Å². The van der Waals surface area contributed by atoms with E-state index in [-0.39, 0.29) is 6.61 Å². The number of aliphatic hydroxyl groups is 1. The fourth-order valence-corrected chi connectivity index (χ4v) is 2.26. The lowest BCUT2D eigenvalue weighted by Crippen LogP contribution is -2.10. The van der Waals surface area contributed by atoms with Crippen LogP contribution in [0.3, 0.4) is 0 Å². The molecule has 0 bridgehead atoms. The van der Waals surface area contributed by atoms with E-state index in [1.165, 1.54) is 12.8 Å². The van der Waals surface area contributed by atoms with E-state index in [1.807, 2.05) is 22.8 Å². The van der Waals surface area contributed by atoms with E-state index in [9.17, 15) is 5.11 Å². The highest BCUT2D eigenvalue weighted by molar-refractivity contribution is 5.79. The molecule has 0 unspecified atom stereocenters. The number of imidazole rings is 1. The standard InChI is InChI=1S/C14H19N3O2/c15-11-3-4-13-12(7-11)16-14(8-18)17(13)5-6-19-9-10-1-2-10/h3-4,7,10,18H,1-2,5-6,8-9,15H2. The first-order chi connectivity index (χ1) is 9.28. The average Bonchev–Trinajstić information content (AvgIpc) is 3.16. The summed E-state index contributed by atoms with van der Waals surface area (Å²) in [4.78, 5) is 4.40. The van der Waals surface area contributed by atoms with Gasteiger partial charge in [0.05, 0.1) is 17.6 Å². The number of hydrogen-bond acceptors (Lipinski definition) is 4. The van der Waals surface area contributed by atoms with Gasteiger partial charge in [-0.3, -0.25) is 0 Å². The molecule has 19 heavy (non-hydrogen) atoms. The minimum atomic E-state index is -0.0722. The van der Waals surface area contributed by atoms with Gasteiger partial charge in [0.25, 0.3) is 0 Å². The Bertz CT molecular complexity index is 575. The van der Waals surface area contributed by atoms with Gasteiger partial charge in [-0.05, 0) is 37.0 Å². The van der Waals surface area contributed by atoms with Crippen LogP contribution >= 0.6 is 0 Å². The molecule has 0 amide bonds. The molecular formula is C14H19N3O2. The summed E-state index contributed by atoms with van der Waals surface area (Å²) < 4.78 is 7.65. The van der Waals surface area contributed by atoms with E-state index in [0.717, 1.165) is 23.6 Å². The van der Waals surface area contributed by atoms with Crippen LogP contribution in [0.1, 0.15) is 18.7 Å². The van der Waals surface area contributed by atoms with Crippen LogP contribution in [0.2, 0.25) is 0 Å². The summed E-state index contributed by atoms with van der Waals surface area (Å²) in [5.41, 5.74) is 8.26. The van der Waals surface area contributed by atoms with E-state index in [2.05, 4.69) is 4.98 Å². The number of nitrogens with zero attached hydrogens (tertiary/aromatic N) is 2. The smallest absolute Gasteiger partial charge is 0.135 e. The summed E-state index contributed by atoms with van der Waals surface area (Å²) >= 11 is 0. The van der Waals surface area contributed by atoms with Gasteiger partial charge in [0.1, 0.15) is 12.4 Å². The molecule has 102 valence electrons. The Morgan fingerprint density at radius 3 is 3.00 bits per heavy atom. The molecule has 0 atom stereocenters. The zero-order valence-corrected chi connectivity index (χ0v) is 10.9. The molecule has 1 aromatic carbocycles. The number of aromatic nitrogens is 2. The zero-order chi connectivity index (χ0) is 13.2. The van der Waals surface area contributed by atoms with Crippen LogP contribution in [0.4, 0.5) is 5.69 Å². The van der Waals surface area contributed by atoms with Gasteiger partial charge in [-0.25, -0.2) is 4.98 Å². The third-order valence-electron chi connectivity index (χ3n) is 3.50. The number of anilines is 1. The molecule has 5 nitrogen and oxygen atoms in total. The maximum atomic E-state index is 9.39. The van der Waals surface area contributed by atoms with Crippen molar-refractivity contribution in [2.45, 2.75) is 26.0 Å². The number of benzene rings is 1. The quantitative estimate of drug-likeness (QED) is 0.611. The van der Waals surface area contributed by atoms with Crippen molar-refractivity contribution in [3.63, 3.8) is 0 Å². The first-order valence-electron chi connectivity index (χ1n) is 6.71. The first-order valence-corrected chi connectivity index (χ1v) is 6.71. The number of fused-ring (bicyclic) bond motifs is 1. The van der Waals surface area contributed by atoms with Crippen LogP contribution in [0.15, 0.2) is 18.2 Å². The lowest BCUT2D eigenvalue weighted by atomic mass is 10.3. The Morgan fingerprint density at radius 1 is 1.42 bits per heavy atom. The second kappa shape index (κ2) is 5.19. The maximum Gasteiger partial charge on any atom is 0.135 e. The molecule has 1 aliphatic rings. The third kappa shape index (κ3) is 2.72. The summed E-state index contributed by atoms with van der Waals surface area (Å²) in [7, 11) is 0. The highest BCUT2D eigenvalue weighted by Gasteiger charge is 2.21. The summed E-state index contributed by atoms with van der Waals surface area (Å²) in [6.45, 7) is 2.15. The topological polar surface area (TPSA) is 73.3 Å². The monoisotopic (exact) mass is 261 g/mol. The van der Waals surface area contributed by atoms with Crippen molar-refractivity contribution in [1.29, 1.82) is 0 Å². The molecule has 3 rings (SSSR count). The van der Waals surface area contributed by atoms with Crippen LogP contribution in [-0.2, 0) is 17.9 Å². The molecule has 5 heteroatoms. The summed E-state index contributed by atoms with van der Waals surface area (Å²) in [6.07, 6.45) is 2.60. The van der Waals surface area contributed by atoms with E-state index in [4.69, 9.17) is 10.5 Å². The molecule has 0 spiro atoms. The fraction of sp³-hybridized carbons (Fsp3) is 0.500. The molecule has 1 aliphatic carbocycles. The Labute approximate surface area is 112 Å². The van der Waals surface area contributed by atoms with Gasteiger partial charge in [-0.2, -0.15) is 0 Å². The molecule has 2 aromatic rings. The number of nitrogen functional groups attached to an aromatic ring is 1. The SMILES string of the molecule is Nc1ccc2c(c1)nc(CO)n2CCOCC1CC1. The van der Waals surface area contributed by atoms with Gasteiger partial charge in [0.2, 0.25) is 0 Å². The minimum Gasteiger partial charge on any atom is -0.399 e. The van der Waals surface area contributed by atoms with Crippen molar-refractivity contribution >= 4 is 16.7 Å². The zero-order valence-electron chi connectivity index (χ0n) is 10.9. The highest BCUT2D eigenvalue weighted by atomic mass is 16.5. The van der Waals surface area contributed by atoms with Crippen LogP contribution < -0.4 is 5.73 Å². The summed E-state index contributed by atoms with van der Waals surface area (Å²) in [5.74, 6) is 1.44. The molecule has 3 N–H and O–H groups in total. The molecular weight excluding hydrogens is 242 g/mol. The largest absolute Gasteiger partial charge is 0.399 e. The van der Waals surface area contributed by atoms with Crippen molar-refractivity contribution < 1.29 is 9.84 Å². The summed E-state index contributed by atoms with van der Waals surface area (Å²) in [5, 5.41) is 9.39. The fourth-order valence-electron chi connectivity index (χ4n) is 2.26. The predicted molar refractivity (Wildman–Crippen MR) is 73.6 cm³/mol. The highest BCUT2D eigenvalue weighted by Crippen LogP contribution is 2.28. The number of hydrogen-bond donors (Lipinski definition) is 2. The number of aliphatic hydroxyl groups excluding tert-OH is 1. The number of rotatable bonds is 6. The van der Waals surface area contributed by atoms with Crippen LogP contribution in [0.5, 0.6) is 0 Å². The molecule has 0 aliphatic heterocycles. The number of nitrogens with two attached hydrogens (primary N) is 1. The van der Waals surface area contributed by atoms with Crippen LogP contribution in [0, 0.1) is 5.92 Å². The van der Waals surface area contributed by atoms with Gasteiger partial charge in [0, 0.05) is 18.8 Å². The van der Waals surface area contributed by atoms with Gasteiger partial charge in [0.15, 0.2) is 0 Å². The Balaban J connectivity index is 1.75. The second-order valence-corrected chi connectivity index (χ2v) is 5.10. The molecule has 1 fully saturated rings. The third-order valence-corrected chi connectivity index (χ3v) is 3.50. The maximum absolute atomic E-state index is 9.39. The van der Waals surface area contributed by atoms with Gasteiger partial charge < -0.3 is 20.1 Å². The van der Waals surface area contributed by atoms with Gasteiger partial charge >= 0.3 is 0 Å². The normalized spacial score (nSPS) is 15.2. The number of ether oxygens (including phenoxy) is 1. The molecule has 1 saturated carbocycles. The van der Waals surface area contributed by atoms with Crippen LogP contribution in [0.25, 0.3) is 11.0 Å². The van der Waals surface area contributed by atoms with Crippen molar-refractivity contribution in [2.75, 3.05) is 18.9 Å². The van der Waals surface area contributed by atoms with Crippen molar-refractivity contribution in [2.24, 2.45) is 5.92 Å². The molecule has 1 aromatic heterocycles. The van der Waals surface area contributed by atoms with E-state index >= 15 is 0 Å². The predicted octanol–water partition coefficient (Wildman–Crippen LogP) is 1.54. The lowest BCUT2D eigenvalue weighted by molar-refractivity contribution is 0.116. The van der Waals surface area contributed by atoms with Crippen molar-refractivity contribution in [1.82, 2.24) is 9.55 Å². The Kier molecular flexibility index (Phi) is 3.40. The molecule has 0 radical (unpaired) electrons. The minimum absolute atomic E-state index is 0.0722. The van der Waals surface area contributed by atoms with Crippen molar-refractivity contribution in [3.8, 4) is 0 Å². The first kappa shape index (κ1) is 12.4. The van der Waals surface area contributed by atoms with Gasteiger partial charge in [-0.1, -0.05) is 0 Å². The van der Waals surface area contributed by atoms with Crippen LogP contribution in [-0.4, -0.2) is 27.9 Å². The van der Waals surface area contributed by atoms with E-state index in [1.54, 1.807) is 0 Å². The second-order valence-electron chi connectivity index (χ2n) is 5.10. The lowest BCUT2D eigenvalue weighted by Gasteiger charge is -2.08. The Morgan fingerprint density at radius 2 is 2.26 bits per heavy atom.